The molecule has 1 aliphatic rings. The Kier molecular flexibility index (Phi) is 6.41. The number of aromatic hydroxyl groups is 1. The van der Waals surface area contributed by atoms with Crippen LogP contribution >= 0.6 is 11.8 Å². The number of nitro benzene ring substituents is 1. The summed E-state index contributed by atoms with van der Waals surface area (Å²) in [5.41, 5.74) is 1.74. The quantitative estimate of drug-likeness (QED) is 0.409. The van der Waals surface area contributed by atoms with Crippen LogP contribution in [-0.4, -0.2) is 39.7 Å². The van der Waals surface area contributed by atoms with E-state index in [-0.39, 0.29) is 11.7 Å². The molecule has 0 spiro atoms. The minimum absolute atomic E-state index is 0.0366. The summed E-state index contributed by atoms with van der Waals surface area (Å²) in [6.07, 6.45) is 2.30. The molecule has 3 rings (SSSR count). The molecule has 30 heavy (non-hydrogen) atoms. The molecule has 9 heteroatoms. The highest BCUT2D eigenvalue weighted by Gasteiger charge is 2.33. The second kappa shape index (κ2) is 9.00. The minimum Gasteiger partial charge on any atom is -0.500 e. The van der Waals surface area contributed by atoms with Crippen molar-refractivity contribution in [2.75, 3.05) is 13.7 Å². The third-order valence-electron chi connectivity index (χ3n) is 4.39. The van der Waals surface area contributed by atoms with Gasteiger partial charge in [-0.15, -0.1) is 0 Å². The van der Waals surface area contributed by atoms with Crippen molar-refractivity contribution in [3.05, 3.63) is 62.5 Å². The normalized spacial score (nSPS) is 16.5. The van der Waals surface area contributed by atoms with E-state index >= 15 is 0 Å². The molecule has 1 amide bonds. The molecular weight excluding hydrogens is 406 g/mol. The molecule has 0 bridgehead atoms. The summed E-state index contributed by atoms with van der Waals surface area (Å²) in [6.45, 7) is 4.46. The first-order valence-corrected chi connectivity index (χ1v) is 10.1. The monoisotopic (exact) mass is 427 g/mol. The Balaban J connectivity index is 2.01. The van der Waals surface area contributed by atoms with Gasteiger partial charge in [-0.05, 0) is 54.9 Å². The SMILES string of the molecule is CCCN1C(=O)/C(=C\c2cc(OC)c(O)c([N+](=O)[O-])c2)SC1=Nc1ccc(C)cc1. The fraction of sp³-hybridized carbons (Fsp3) is 0.238. The number of carbonyl (C=O) groups excluding carboxylic acids is 1. The fourth-order valence-electron chi connectivity index (χ4n) is 2.89. The van der Waals surface area contributed by atoms with Gasteiger partial charge in [-0.2, -0.15) is 0 Å². The summed E-state index contributed by atoms with van der Waals surface area (Å²) in [7, 11) is 1.31. The molecule has 1 saturated heterocycles. The van der Waals surface area contributed by atoms with Crippen LogP contribution in [0.2, 0.25) is 0 Å². The predicted molar refractivity (Wildman–Crippen MR) is 117 cm³/mol. The Bertz CT molecular complexity index is 1050. The second-order valence-corrected chi connectivity index (χ2v) is 7.65. The van der Waals surface area contributed by atoms with E-state index in [1.165, 1.54) is 31.0 Å². The second-order valence-electron chi connectivity index (χ2n) is 6.65. The number of phenolic OH excluding ortho intramolecular Hbond substituents is 1. The molecule has 0 aromatic heterocycles. The zero-order valence-electron chi connectivity index (χ0n) is 16.8. The van der Waals surface area contributed by atoms with Gasteiger partial charge in [-0.3, -0.25) is 19.8 Å². The lowest BCUT2D eigenvalue weighted by molar-refractivity contribution is -0.386. The summed E-state index contributed by atoms with van der Waals surface area (Å²) in [6, 6.07) is 10.3. The molecule has 0 unspecified atom stereocenters. The third-order valence-corrected chi connectivity index (χ3v) is 5.39. The average molecular weight is 427 g/mol. The van der Waals surface area contributed by atoms with Gasteiger partial charge in [-0.25, -0.2) is 4.99 Å². The molecule has 1 heterocycles. The lowest BCUT2D eigenvalue weighted by Gasteiger charge is -2.14. The number of carbonyl (C=O) groups is 1. The van der Waals surface area contributed by atoms with Crippen molar-refractivity contribution in [2.45, 2.75) is 20.3 Å². The smallest absolute Gasteiger partial charge is 0.315 e. The van der Waals surface area contributed by atoms with Crippen molar-refractivity contribution in [2.24, 2.45) is 4.99 Å². The van der Waals surface area contributed by atoms with E-state index in [9.17, 15) is 20.0 Å². The zero-order chi connectivity index (χ0) is 21.8. The van der Waals surface area contributed by atoms with Gasteiger partial charge in [0.1, 0.15) is 0 Å². The lowest BCUT2D eigenvalue weighted by atomic mass is 10.1. The highest BCUT2D eigenvalue weighted by atomic mass is 32.2. The zero-order valence-corrected chi connectivity index (χ0v) is 17.6. The highest BCUT2D eigenvalue weighted by molar-refractivity contribution is 8.18. The maximum absolute atomic E-state index is 12.9. The molecule has 0 aliphatic carbocycles. The van der Waals surface area contributed by atoms with Crippen LogP contribution < -0.4 is 4.74 Å². The number of thioether (sulfide) groups is 1. The highest BCUT2D eigenvalue weighted by Crippen LogP contribution is 2.39. The Labute approximate surface area is 178 Å². The number of nitrogens with zero attached hydrogens (tertiary/aromatic N) is 3. The van der Waals surface area contributed by atoms with E-state index in [1.807, 2.05) is 38.1 Å². The van der Waals surface area contributed by atoms with Crippen LogP contribution in [-0.2, 0) is 4.79 Å². The van der Waals surface area contributed by atoms with Gasteiger partial charge in [0.2, 0.25) is 5.75 Å². The molecule has 1 N–H and O–H groups in total. The number of amidine groups is 1. The molecule has 156 valence electrons. The van der Waals surface area contributed by atoms with Crippen molar-refractivity contribution in [1.29, 1.82) is 0 Å². The Hall–Kier alpha value is -3.33. The maximum atomic E-state index is 12.9. The van der Waals surface area contributed by atoms with Gasteiger partial charge < -0.3 is 9.84 Å². The molecule has 0 atom stereocenters. The van der Waals surface area contributed by atoms with Crippen LogP contribution in [0.5, 0.6) is 11.5 Å². The number of methoxy groups -OCH3 is 1. The van der Waals surface area contributed by atoms with Crippen LogP contribution in [0.15, 0.2) is 46.3 Å². The number of aliphatic imine (C=N–C) groups is 1. The van der Waals surface area contributed by atoms with Crippen molar-refractivity contribution < 1.29 is 19.6 Å². The van der Waals surface area contributed by atoms with Crippen molar-refractivity contribution in [3.63, 3.8) is 0 Å². The average Bonchev–Trinajstić information content (AvgIpc) is 2.99. The topological polar surface area (TPSA) is 105 Å². The molecule has 1 fully saturated rings. The number of rotatable bonds is 6. The lowest BCUT2D eigenvalue weighted by Crippen LogP contribution is -2.29. The Morgan fingerprint density at radius 2 is 2.00 bits per heavy atom. The number of nitro groups is 1. The fourth-order valence-corrected chi connectivity index (χ4v) is 3.91. The number of benzene rings is 2. The van der Waals surface area contributed by atoms with Gasteiger partial charge in [0.25, 0.3) is 5.91 Å². The number of aryl methyl sites for hydroxylation is 1. The van der Waals surface area contributed by atoms with E-state index in [2.05, 4.69) is 4.99 Å². The van der Waals surface area contributed by atoms with Crippen LogP contribution in [0.25, 0.3) is 6.08 Å². The summed E-state index contributed by atoms with van der Waals surface area (Å²) in [4.78, 5) is 30.1. The van der Waals surface area contributed by atoms with Gasteiger partial charge in [0.15, 0.2) is 10.9 Å². The van der Waals surface area contributed by atoms with E-state index < -0.39 is 16.4 Å². The minimum atomic E-state index is -0.697. The molecular formula is C21H21N3O5S. The van der Waals surface area contributed by atoms with Crippen LogP contribution in [0.1, 0.15) is 24.5 Å². The molecule has 2 aromatic carbocycles. The third kappa shape index (κ3) is 4.46. The number of amides is 1. The van der Waals surface area contributed by atoms with Crippen LogP contribution in [0.4, 0.5) is 11.4 Å². The number of phenols is 1. The van der Waals surface area contributed by atoms with Crippen molar-refractivity contribution >= 4 is 40.3 Å². The van der Waals surface area contributed by atoms with E-state index in [4.69, 9.17) is 4.74 Å². The van der Waals surface area contributed by atoms with Crippen LogP contribution in [0.3, 0.4) is 0 Å². The maximum Gasteiger partial charge on any atom is 0.315 e. The van der Waals surface area contributed by atoms with E-state index in [0.717, 1.165) is 17.7 Å². The summed E-state index contributed by atoms with van der Waals surface area (Å²) < 4.78 is 5.03. The number of ether oxygens (including phenoxy) is 1. The van der Waals surface area contributed by atoms with E-state index in [1.54, 1.807) is 11.0 Å². The first kappa shape index (κ1) is 21.4. The Morgan fingerprint density at radius 3 is 2.60 bits per heavy atom. The van der Waals surface area contributed by atoms with E-state index in [0.29, 0.717) is 22.2 Å². The standard InChI is InChI=1S/C21H21N3O5S/c1-4-9-23-20(26)18(30-21(23)22-15-7-5-13(2)6-8-15)12-14-10-16(24(27)28)19(25)17(11-14)29-3/h5-8,10-12,25H,4,9H2,1-3H3/b18-12+,22-21?. The first-order chi connectivity index (χ1) is 14.3. The van der Waals surface area contributed by atoms with Gasteiger partial charge in [0, 0.05) is 12.6 Å². The van der Waals surface area contributed by atoms with Crippen molar-refractivity contribution in [1.82, 2.24) is 4.90 Å². The Morgan fingerprint density at radius 1 is 1.30 bits per heavy atom. The van der Waals surface area contributed by atoms with Gasteiger partial charge >= 0.3 is 5.69 Å². The molecule has 0 saturated carbocycles. The number of hydrogen-bond acceptors (Lipinski definition) is 7. The predicted octanol–water partition coefficient (Wildman–Crippen LogP) is 4.63. The summed E-state index contributed by atoms with van der Waals surface area (Å²) in [5.74, 6) is -0.808. The molecule has 1 aliphatic heterocycles. The first-order valence-electron chi connectivity index (χ1n) is 9.26. The van der Waals surface area contributed by atoms with Gasteiger partial charge in [0.05, 0.1) is 22.6 Å². The molecule has 0 radical (unpaired) electrons. The largest absolute Gasteiger partial charge is 0.500 e. The summed E-state index contributed by atoms with van der Waals surface area (Å²) >= 11 is 1.21. The summed E-state index contributed by atoms with van der Waals surface area (Å²) in [5, 5.41) is 21.7. The molecule has 2 aromatic rings. The number of hydrogen-bond donors (Lipinski definition) is 1. The van der Waals surface area contributed by atoms with Crippen molar-refractivity contribution in [3.8, 4) is 11.5 Å². The van der Waals surface area contributed by atoms with Gasteiger partial charge in [-0.1, -0.05) is 24.6 Å². The molecule has 8 nitrogen and oxygen atoms in total. The van der Waals surface area contributed by atoms with Crippen LogP contribution in [0, 0.1) is 17.0 Å².